The van der Waals surface area contributed by atoms with Crippen molar-refractivity contribution in [3.05, 3.63) is 11.6 Å². The largest absolute Gasteiger partial charge is 0.368 e. The third-order valence-electron chi connectivity index (χ3n) is 2.09. The predicted octanol–water partition coefficient (Wildman–Crippen LogP) is 1.60. The monoisotopic (exact) mass is 180 g/mol. The Kier molecular flexibility index (Phi) is 3.68. The van der Waals surface area contributed by atoms with Crippen LogP contribution in [0.3, 0.4) is 0 Å². The molecule has 0 aliphatic rings. The SMILES string of the molecule is C/C(=C/C(C)C)[C@@](C)(C#N)C(N)=O. The molecule has 3 nitrogen and oxygen atoms in total. The molecule has 0 saturated heterocycles. The number of amides is 1. The molecular weight excluding hydrogens is 164 g/mol. The van der Waals surface area contributed by atoms with Gasteiger partial charge in [-0.05, 0) is 25.3 Å². The van der Waals surface area contributed by atoms with Gasteiger partial charge >= 0.3 is 0 Å². The Balaban J connectivity index is 5.02. The highest BCUT2D eigenvalue weighted by atomic mass is 16.1. The summed E-state index contributed by atoms with van der Waals surface area (Å²) in [4.78, 5) is 11.0. The topological polar surface area (TPSA) is 66.9 Å². The van der Waals surface area contributed by atoms with E-state index in [9.17, 15) is 4.79 Å². The van der Waals surface area contributed by atoms with E-state index in [2.05, 4.69) is 0 Å². The zero-order valence-corrected chi connectivity index (χ0v) is 8.59. The number of carbonyl (C=O) groups is 1. The van der Waals surface area contributed by atoms with E-state index >= 15 is 0 Å². The molecule has 0 radical (unpaired) electrons. The van der Waals surface area contributed by atoms with Crippen LogP contribution >= 0.6 is 0 Å². The zero-order chi connectivity index (χ0) is 10.6. The highest BCUT2D eigenvalue weighted by Crippen LogP contribution is 2.26. The first-order valence-electron chi connectivity index (χ1n) is 4.24. The molecule has 0 spiro atoms. The molecule has 13 heavy (non-hydrogen) atoms. The van der Waals surface area contributed by atoms with Crippen molar-refractivity contribution in [2.45, 2.75) is 27.7 Å². The average Bonchev–Trinajstić information content (AvgIpc) is 2.01. The summed E-state index contributed by atoms with van der Waals surface area (Å²) in [6, 6.07) is 1.94. The third-order valence-corrected chi connectivity index (χ3v) is 2.09. The number of nitrogens with zero attached hydrogens (tertiary/aromatic N) is 1. The van der Waals surface area contributed by atoms with Crippen molar-refractivity contribution in [1.29, 1.82) is 5.26 Å². The lowest BCUT2D eigenvalue weighted by molar-refractivity contribution is -0.122. The van der Waals surface area contributed by atoms with E-state index in [0.717, 1.165) is 5.57 Å². The molecular formula is C10H16N2O. The van der Waals surface area contributed by atoms with Crippen molar-refractivity contribution < 1.29 is 4.79 Å². The summed E-state index contributed by atoms with van der Waals surface area (Å²) in [6.45, 7) is 7.28. The lowest BCUT2D eigenvalue weighted by Gasteiger charge is -2.18. The number of allylic oxidation sites excluding steroid dienone is 1. The number of nitriles is 1. The fraction of sp³-hybridized carbons (Fsp3) is 0.600. The second-order valence-electron chi connectivity index (χ2n) is 3.69. The number of carbonyl (C=O) groups excluding carboxylic acids is 1. The molecule has 0 bridgehead atoms. The molecule has 0 unspecified atom stereocenters. The lowest BCUT2D eigenvalue weighted by Crippen LogP contribution is -2.34. The summed E-state index contributed by atoms with van der Waals surface area (Å²) >= 11 is 0. The van der Waals surface area contributed by atoms with Crippen molar-refractivity contribution in [1.82, 2.24) is 0 Å². The van der Waals surface area contributed by atoms with Crippen LogP contribution in [0.1, 0.15) is 27.7 Å². The minimum absolute atomic E-state index is 0.312. The van der Waals surface area contributed by atoms with Crippen LogP contribution in [0.2, 0.25) is 0 Å². The van der Waals surface area contributed by atoms with Crippen LogP contribution in [-0.4, -0.2) is 5.91 Å². The number of rotatable bonds is 3. The molecule has 0 heterocycles. The molecule has 72 valence electrons. The molecule has 0 aliphatic heterocycles. The molecule has 1 amide bonds. The van der Waals surface area contributed by atoms with Gasteiger partial charge in [-0.2, -0.15) is 5.26 Å². The van der Waals surface area contributed by atoms with E-state index in [1.807, 2.05) is 26.0 Å². The third kappa shape index (κ3) is 2.59. The Morgan fingerprint density at radius 3 is 2.31 bits per heavy atom. The van der Waals surface area contributed by atoms with E-state index in [0.29, 0.717) is 5.92 Å². The van der Waals surface area contributed by atoms with Crippen molar-refractivity contribution in [2.75, 3.05) is 0 Å². The Morgan fingerprint density at radius 2 is 2.08 bits per heavy atom. The molecule has 3 heteroatoms. The fourth-order valence-corrected chi connectivity index (χ4v) is 1.00. The summed E-state index contributed by atoms with van der Waals surface area (Å²) in [6.07, 6.45) is 1.88. The molecule has 2 N–H and O–H groups in total. The molecule has 0 aromatic rings. The quantitative estimate of drug-likeness (QED) is 0.670. The summed E-state index contributed by atoms with van der Waals surface area (Å²) < 4.78 is 0. The van der Waals surface area contributed by atoms with Gasteiger partial charge in [0.1, 0.15) is 0 Å². The van der Waals surface area contributed by atoms with Crippen LogP contribution in [0.25, 0.3) is 0 Å². The number of hydrogen-bond donors (Lipinski definition) is 1. The van der Waals surface area contributed by atoms with Crippen molar-refractivity contribution >= 4 is 5.91 Å². The maximum atomic E-state index is 11.0. The van der Waals surface area contributed by atoms with Crippen LogP contribution in [0, 0.1) is 22.7 Å². The van der Waals surface area contributed by atoms with Gasteiger partial charge in [0.15, 0.2) is 5.41 Å². The van der Waals surface area contributed by atoms with Crippen molar-refractivity contribution in [3.8, 4) is 6.07 Å². The van der Waals surface area contributed by atoms with Gasteiger partial charge in [0, 0.05) is 0 Å². The first-order chi connectivity index (χ1) is 5.84. The molecule has 0 aliphatic carbocycles. The number of hydrogen-bond acceptors (Lipinski definition) is 2. The number of nitrogens with two attached hydrogens (primary N) is 1. The van der Waals surface area contributed by atoms with Gasteiger partial charge in [-0.25, -0.2) is 0 Å². The zero-order valence-electron chi connectivity index (χ0n) is 8.59. The Morgan fingerprint density at radius 1 is 1.62 bits per heavy atom. The standard InChI is InChI=1S/C10H16N2O/c1-7(2)5-8(3)10(4,6-11)9(12)13/h5,7H,1-4H3,(H2,12,13)/b8-5-/t10-/m1/s1. The highest BCUT2D eigenvalue weighted by Gasteiger charge is 2.32. The van der Waals surface area contributed by atoms with E-state index in [1.165, 1.54) is 0 Å². The minimum atomic E-state index is -1.16. The summed E-state index contributed by atoms with van der Waals surface area (Å²) in [5, 5.41) is 8.85. The first kappa shape index (κ1) is 11.7. The van der Waals surface area contributed by atoms with Gasteiger partial charge in [-0.1, -0.05) is 19.9 Å². The van der Waals surface area contributed by atoms with Gasteiger partial charge in [-0.15, -0.1) is 0 Å². The second-order valence-corrected chi connectivity index (χ2v) is 3.69. The fourth-order valence-electron chi connectivity index (χ4n) is 1.00. The molecule has 0 saturated carbocycles. The minimum Gasteiger partial charge on any atom is -0.368 e. The van der Waals surface area contributed by atoms with Gasteiger partial charge in [0.2, 0.25) is 5.91 Å². The smallest absolute Gasteiger partial charge is 0.241 e. The van der Waals surface area contributed by atoms with Crippen molar-refractivity contribution in [2.24, 2.45) is 17.1 Å². The van der Waals surface area contributed by atoms with E-state index in [4.69, 9.17) is 11.0 Å². The molecule has 1 atom stereocenters. The Bertz CT molecular complexity index is 273. The van der Waals surface area contributed by atoms with Crippen LogP contribution < -0.4 is 5.73 Å². The second kappa shape index (κ2) is 4.08. The molecule has 0 aromatic carbocycles. The van der Waals surface area contributed by atoms with Crippen molar-refractivity contribution in [3.63, 3.8) is 0 Å². The maximum absolute atomic E-state index is 11.0. The van der Waals surface area contributed by atoms with Gasteiger partial charge in [-0.3, -0.25) is 4.79 Å². The van der Waals surface area contributed by atoms with Gasteiger partial charge in [0.25, 0.3) is 0 Å². The van der Waals surface area contributed by atoms with E-state index in [-0.39, 0.29) is 0 Å². The highest BCUT2D eigenvalue weighted by molar-refractivity contribution is 5.86. The van der Waals surface area contributed by atoms with Crippen LogP contribution in [0.4, 0.5) is 0 Å². The molecule has 0 rings (SSSR count). The lowest BCUT2D eigenvalue weighted by atomic mass is 9.82. The Hall–Kier alpha value is -1.30. The first-order valence-corrected chi connectivity index (χ1v) is 4.24. The summed E-state index contributed by atoms with van der Waals surface area (Å²) in [5.41, 5.74) is 4.71. The predicted molar refractivity (Wildman–Crippen MR) is 51.5 cm³/mol. The van der Waals surface area contributed by atoms with Gasteiger partial charge in [0.05, 0.1) is 6.07 Å². The van der Waals surface area contributed by atoms with E-state index in [1.54, 1.807) is 13.8 Å². The molecule has 0 fully saturated rings. The molecule has 0 aromatic heterocycles. The van der Waals surface area contributed by atoms with Crippen LogP contribution in [0.15, 0.2) is 11.6 Å². The normalized spacial score (nSPS) is 16.5. The summed E-state index contributed by atoms with van der Waals surface area (Å²) in [7, 11) is 0. The van der Waals surface area contributed by atoms with Gasteiger partial charge < -0.3 is 5.73 Å². The average molecular weight is 180 g/mol. The summed E-state index contributed by atoms with van der Waals surface area (Å²) in [5.74, 6) is -0.281. The Labute approximate surface area is 79.2 Å². The number of primary amides is 1. The maximum Gasteiger partial charge on any atom is 0.241 e. The van der Waals surface area contributed by atoms with Crippen LogP contribution in [0.5, 0.6) is 0 Å². The van der Waals surface area contributed by atoms with E-state index < -0.39 is 11.3 Å². The van der Waals surface area contributed by atoms with Crippen LogP contribution in [-0.2, 0) is 4.79 Å².